The number of benzene rings is 1. The van der Waals surface area contributed by atoms with Gasteiger partial charge in [0.15, 0.2) is 0 Å². The van der Waals surface area contributed by atoms with Crippen molar-refractivity contribution in [2.45, 2.75) is 32.2 Å². The molecule has 0 spiro atoms. The van der Waals surface area contributed by atoms with Crippen molar-refractivity contribution in [3.05, 3.63) is 28.8 Å². The van der Waals surface area contributed by atoms with Crippen LogP contribution in [0.25, 0.3) is 0 Å². The third kappa shape index (κ3) is 5.28. The highest BCUT2D eigenvalue weighted by molar-refractivity contribution is 6.31. The number of hydrogen-bond donors (Lipinski definition) is 3. The lowest BCUT2D eigenvalue weighted by molar-refractivity contribution is -0.116. The second-order valence-electron chi connectivity index (χ2n) is 4.41. The van der Waals surface area contributed by atoms with Crippen molar-refractivity contribution in [3.8, 4) is 0 Å². The number of rotatable bonds is 6. The van der Waals surface area contributed by atoms with Crippen LogP contribution in [0.3, 0.4) is 0 Å². The number of aromatic carboxylic acids is 1. The molecule has 0 aromatic heterocycles. The summed E-state index contributed by atoms with van der Waals surface area (Å²) in [5, 5.41) is 11.9. The SMILES string of the molecule is CC(N)CCCC(=O)Nc1ccc(Cl)cc1C(=O)O. The number of carboxylic acids is 1. The maximum Gasteiger partial charge on any atom is 0.337 e. The summed E-state index contributed by atoms with van der Waals surface area (Å²) in [6, 6.07) is 4.38. The molecule has 104 valence electrons. The van der Waals surface area contributed by atoms with E-state index in [0.29, 0.717) is 17.9 Å². The molecule has 0 fully saturated rings. The molecule has 1 amide bonds. The van der Waals surface area contributed by atoms with E-state index in [-0.39, 0.29) is 23.2 Å². The molecule has 0 aliphatic rings. The molecule has 0 saturated carbocycles. The summed E-state index contributed by atoms with van der Waals surface area (Å²) < 4.78 is 0. The van der Waals surface area contributed by atoms with E-state index in [0.717, 1.165) is 6.42 Å². The lowest BCUT2D eigenvalue weighted by atomic mass is 10.1. The molecule has 4 N–H and O–H groups in total. The van der Waals surface area contributed by atoms with Crippen LogP contribution < -0.4 is 11.1 Å². The Morgan fingerprint density at radius 2 is 2.16 bits per heavy atom. The smallest absolute Gasteiger partial charge is 0.337 e. The van der Waals surface area contributed by atoms with Gasteiger partial charge in [-0.25, -0.2) is 4.79 Å². The zero-order chi connectivity index (χ0) is 14.4. The van der Waals surface area contributed by atoms with Gasteiger partial charge < -0.3 is 16.2 Å². The van der Waals surface area contributed by atoms with Crippen molar-refractivity contribution in [2.24, 2.45) is 5.73 Å². The van der Waals surface area contributed by atoms with Crippen LogP contribution in [0, 0.1) is 0 Å². The summed E-state index contributed by atoms with van der Waals surface area (Å²) in [4.78, 5) is 22.7. The van der Waals surface area contributed by atoms with E-state index in [2.05, 4.69) is 5.32 Å². The topological polar surface area (TPSA) is 92.4 Å². The summed E-state index contributed by atoms with van der Waals surface area (Å²) in [5.41, 5.74) is 5.82. The lowest BCUT2D eigenvalue weighted by Crippen LogP contribution is -2.17. The number of anilines is 1. The summed E-state index contributed by atoms with van der Waals surface area (Å²) in [7, 11) is 0. The van der Waals surface area contributed by atoms with E-state index in [4.69, 9.17) is 22.4 Å². The van der Waals surface area contributed by atoms with Gasteiger partial charge in [0, 0.05) is 17.5 Å². The van der Waals surface area contributed by atoms with Crippen molar-refractivity contribution < 1.29 is 14.7 Å². The first-order valence-electron chi connectivity index (χ1n) is 5.98. The Morgan fingerprint density at radius 3 is 2.74 bits per heavy atom. The van der Waals surface area contributed by atoms with Gasteiger partial charge >= 0.3 is 5.97 Å². The van der Waals surface area contributed by atoms with E-state index >= 15 is 0 Å². The van der Waals surface area contributed by atoms with Gasteiger partial charge in [-0.2, -0.15) is 0 Å². The van der Waals surface area contributed by atoms with Crippen LogP contribution in [-0.2, 0) is 4.79 Å². The van der Waals surface area contributed by atoms with Gasteiger partial charge in [0.25, 0.3) is 0 Å². The third-order valence-corrected chi connectivity index (χ3v) is 2.78. The number of hydrogen-bond acceptors (Lipinski definition) is 3. The standard InChI is InChI=1S/C13H17ClN2O3/c1-8(15)3-2-4-12(17)16-11-6-5-9(14)7-10(11)13(18)19/h5-8H,2-4,15H2,1H3,(H,16,17)(H,18,19). The van der Waals surface area contributed by atoms with Crippen LogP contribution in [0.4, 0.5) is 5.69 Å². The summed E-state index contributed by atoms with van der Waals surface area (Å²) >= 11 is 5.73. The Kier molecular flexibility index (Phi) is 5.79. The molecule has 0 radical (unpaired) electrons. The van der Waals surface area contributed by atoms with Gasteiger partial charge in [0.2, 0.25) is 5.91 Å². The third-order valence-electron chi connectivity index (χ3n) is 2.55. The van der Waals surface area contributed by atoms with Gasteiger partial charge in [0.05, 0.1) is 11.3 Å². The van der Waals surface area contributed by atoms with Crippen LogP contribution in [0.2, 0.25) is 5.02 Å². The average molecular weight is 285 g/mol. The Morgan fingerprint density at radius 1 is 1.47 bits per heavy atom. The minimum atomic E-state index is -1.13. The molecule has 0 saturated heterocycles. The molecule has 0 aliphatic heterocycles. The predicted octanol–water partition coefficient (Wildman–Crippen LogP) is 2.49. The minimum absolute atomic E-state index is 0.0203. The zero-order valence-electron chi connectivity index (χ0n) is 10.6. The van der Waals surface area contributed by atoms with Crippen LogP contribution in [-0.4, -0.2) is 23.0 Å². The van der Waals surface area contributed by atoms with E-state index in [1.807, 2.05) is 6.92 Å². The second-order valence-corrected chi connectivity index (χ2v) is 4.85. The van der Waals surface area contributed by atoms with Crippen LogP contribution in [0.5, 0.6) is 0 Å². The molecule has 5 nitrogen and oxygen atoms in total. The quantitative estimate of drug-likeness (QED) is 0.748. The summed E-state index contributed by atoms with van der Waals surface area (Å²) in [6.07, 6.45) is 1.72. The first-order chi connectivity index (χ1) is 8.90. The van der Waals surface area contributed by atoms with Crippen molar-refractivity contribution in [3.63, 3.8) is 0 Å². The largest absolute Gasteiger partial charge is 0.478 e. The molecule has 19 heavy (non-hydrogen) atoms. The highest BCUT2D eigenvalue weighted by Crippen LogP contribution is 2.21. The normalized spacial score (nSPS) is 11.9. The lowest BCUT2D eigenvalue weighted by Gasteiger charge is -2.09. The fourth-order valence-electron chi connectivity index (χ4n) is 1.60. The second kappa shape index (κ2) is 7.11. The minimum Gasteiger partial charge on any atom is -0.478 e. The molecule has 1 unspecified atom stereocenters. The summed E-state index contributed by atoms with van der Waals surface area (Å²) in [6.45, 7) is 1.87. The number of nitrogens with two attached hydrogens (primary N) is 1. The van der Waals surface area contributed by atoms with Gasteiger partial charge in [-0.05, 0) is 38.0 Å². The molecule has 1 atom stereocenters. The molecule has 1 aromatic rings. The number of carbonyl (C=O) groups is 2. The Hall–Kier alpha value is -1.59. The van der Waals surface area contributed by atoms with Crippen LogP contribution in [0.1, 0.15) is 36.5 Å². The highest BCUT2D eigenvalue weighted by Gasteiger charge is 2.13. The molecular formula is C13H17ClN2O3. The number of nitrogens with one attached hydrogen (secondary N) is 1. The fourth-order valence-corrected chi connectivity index (χ4v) is 1.77. The van der Waals surface area contributed by atoms with Crippen molar-refractivity contribution in [2.75, 3.05) is 5.32 Å². The van der Waals surface area contributed by atoms with Gasteiger partial charge in [-0.3, -0.25) is 4.79 Å². The van der Waals surface area contributed by atoms with Crippen molar-refractivity contribution >= 4 is 29.2 Å². The molecule has 0 heterocycles. The molecule has 1 aromatic carbocycles. The monoisotopic (exact) mass is 284 g/mol. The Balaban J connectivity index is 2.66. The van der Waals surface area contributed by atoms with Crippen LogP contribution >= 0.6 is 11.6 Å². The molecule has 0 bridgehead atoms. The first kappa shape index (κ1) is 15.5. The van der Waals surface area contributed by atoms with E-state index in [9.17, 15) is 9.59 Å². The molecule has 0 aliphatic carbocycles. The maximum atomic E-state index is 11.7. The Bertz CT molecular complexity index is 475. The van der Waals surface area contributed by atoms with E-state index in [1.54, 1.807) is 0 Å². The van der Waals surface area contributed by atoms with Crippen molar-refractivity contribution in [1.82, 2.24) is 0 Å². The zero-order valence-corrected chi connectivity index (χ0v) is 11.4. The molecular weight excluding hydrogens is 268 g/mol. The van der Waals surface area contributed by atoms with Gasteiger partial charge in [-0.1, -0.05) is 11.6 Å². The fraction of sp³-hybridized carbons (Fsp3) is 0.385. The van der Waals surface area contributed by atoms with Crippen molar-refractivity contribution in [1.29, 1.82) is 0 Å². The first-order valence-corrected chi connectivity index (χ1v) is 6.36. The van der Waals surface area contributed by atoms with Crippen LogP contribution in [0.15, 0.2) is 18.2 Å². The molecule has 6 heteroatoms. The number of carboxylic acid groups (broad SMARTS) is 1. The van der Waals surface area contributed by atoms with Gasteiger partial charge in [0.1, 0.15) is 0 Å². The predicted molar refractivity (Wildman–Crippen MR) is 74.5 cm³/mol. The highest BCUT2D eigenvalue weighted by atomic mass is 35.5. The number of carbonyl (C=O) groups excluding carboxylic acids is 1. The average Bonchev–Trinajstić information content (AvgIpc) is 2.30. The maximum absolute atomic E-state index is 11.7. The molecule has 1 rings (SSSR count). The number of halogens is 1. The summed E-state index contributed by atoms with van der Waals surface area (Å²) in [5.74, 6) is -1.36. The van der Waals surface area contributed by atoms with E-state index < -0.39 is 5.97 Å². The number of amides is 1. The Labute approximate surface area is 116 Å². The van der Waals surface area contributed by atoms with E-state index in [1.165, 1.54) is 18.2 Å². The van der Waals surface area contributed by atoms with Gasteiger partial charge in [-0.15, -0.1) is 0 Å².